The molecule has 108 valence electrons. The summed E-state index contributed by atoms with van der Waals surface area (Å²) in [6.07, 6.45) is -3.47. The van der Waals surface area contributed by atoms with E-state index in [1.165, 1.54) is 0 Å². The number of benzene rings is 1. The van der Waals surface area contributed by atoms with Crippen LogP contribution in [0, 0.1) is 0 Å². The smallest absolute Gasteiger partial charge is 0.371 e. The first-order valence-electron chi connectivity index (χ1n) is 5.99. The molecule has 0 aliphatic heterocycles. The van der Waals surface area contributed by atoms with Crippen LogP contribution in [-0.2, 0) is 11.2 Å². The summed E-state index contributed by atoms with van der Waals surface area (Å²) in [7, 11) is 0. The standard InChI is InChI=1S/C13H17ClF3NO/c1-10(8-11-2-4-12(14)5-3-11)18-6-7-19-9-13(15,16)17/h2-5,10,18H,6-9H2,1H3. The maximum absolute atomic E-state index is 11.8. The van der Waals surface area contributed by atoms with Crippen LogP contribution in [0.25, 0.3) is 0 Å². The Bertz CT molecular complexity index is 367. The fraction of sp³-hybridized carbons (Fsp3) is 0.538. The molecule has 1 aromatic rings. The number of nitrogens with one attached hydrogen (secondary N) is 1. The van der Waals surface area contributed by atoms with E-state index in [1.807, 2.05) is 31.2 Å². The van der Waals surface area contributed by atoms with Gasteiger partial charge in [0.1, 0.15) is 6.61 Å². The molecular formula is C13H17ClF3NO. The van der Waals surface area contributed by atoms with Crippen molar-refractivity contribution in [1.29, 1.82) is 0 Å². The highest BCUT2D eigenvalue weighted by Crippen LogP contribution is 2.14. The normalized spacial score (nSPS) is 13.5. The molecule has 1 unspecified atom stereocenters. The molecule has 0 amide bonds. The minimum absolute atomic E-state index is 0.0461. The van der Waals surface area contributed by atoms with Crippen LogP contribution < -0.4 is 5.32 Å². The Hall–Kier alpha value is -0.780. The monoisotopic (exact) mass is 295 g/mol. The third-order valence-corrected chi connectivity index (χ3v) is 2.71. The summed E-state index contributed by atoms with van der Waals surface area (Å²) < 4.78 is 39.9. The molecule has 0 aliphatic rings. The predicted molar refractivity (Wildman–Crippen MR) is 69.5 cm³/mol. The van der Waals surface area contributed by atoms with E-state index in [1.54, 1.807) is 0 Å². The summed E-state index contributed by atoms with van der Waals surface area (Å²) in [5.74, 6) is 0. The van der Waals surface area contributed by atoms with Gasteiger partial charge in [-0.15, -0.1) is 0 Å². The Morgan fingerprint density at radius 3 is 2.47 bits per heavy atom. The molecule has 19 heavy (non-hydrogen) atoms. The van der Waals surface area contributed by atoms with Gasteiger partial charge in [-0.25, -0.2) is 0 Å². The maximum Gasteiger partial charge on any atom is 0.411 e. The van der Waals surface area contributed by atoms with Gasteiger partial charge in [-0.2, -0.15) is 13.2 Å². The number of hydrogen-bond donors (Lipinski definition) is 1. The van der Waals surface area contributed by atoms with E-state index >= 15 is 0 Å². The fourth-order valence-corrected chi connectivity index (χ4v) is 1.74. The zero-order chi connectivity index (χ0) is 14.3. The Balaban J connectivity index is 2.14. The quantitative estimate of drug-likeness (QED) is 0.778. The van der Waals surface area contributed by atoms with Crippen molar-refractivity contribution in [2.75, 3.05) is 19.8 Å². The number of halogens is 4. The van der Waals surface area contributed by atoms with Crippen molar-refractivity contribution in [2.24, 2.45) is 0 Å². The topological polar surface area (TPSA) is 21.3 Å². The summed E-state index contributed by atoms with van der Waals surface area (Å²) >= 11 is 5.78. The number of alkyl halides is 3. The highest BCUT2D eigenvalue weighted by Gasteiger charge is 2.27. The van der Waals surface area contributed by atoms with Crippen LogP contribution in [0.1, 0.15) is 12.5 Å². The molecule has 0 spiro atoms. The van der Waals surface area contributed by atoms with Gasteiger partial charge in [0.15, 0.2) is 0 Å². The Kier molecular flexibility index (Phi) is 6.62. The molecule has 0 aromatic heterocycles. The van der Waals surface area contributed by atoms with Crippen LogP contribution in [0.3, 0.4) is 0 Å². The summed E-state index contributed by atoms with van der Waals surface area (Å²) in [6, 6.07) is 7.66. The zero-order valence-electron chi connectivity index (χ0n) is 10.6. The largest absolute Gasteiger partial charge is 0.411 e. The predicted octanol–water partition coefficient (Wildman–Crippen LogP) is 3.44. The van der Waals surface area contributed by atoms with Crippen molar-refractivity contribution < 1.29 is 17.9 Å². The van der Waals surface area contributed by atoms with Gasteiger partial charge < -0.3 is 10.1 Å². The van der Waals surface area contributed by atoms with Gasteiger partial charge in [-0.05, 0) is 31.0 Å². The molecule has 0 saturated carbocycles. The van der Waals surface area contributed by atoms with E-state index in [0.717, 1.165) is 12.0 Å². The second-order valence-electron chi connectivity index (χ2n) is 4.35. The average Bonchev–Trinajstić information content (AvgIpc) is 2.30. The Morgan fingerprint density at radius 1 is 1.26 bits per heavy atom. The molecule has 0 saturated heterocycles. The van der Waals surface area contributed by atoms with Crippen molar-refractivity contribution in [2.45, 2.75) is 25.6 Å². The first-order valence-corrected chi connectivity index (χ1v) is 6.37. The lowest BCUT2D eigenvalue weighted by Gasteiger charge is -2.14. The summed E-state index contributed by atoms with van der Waals surface area (Å²) in [5, 5.41) is 3.79. The van der Waals surface area contributed by atoms with Crippen molar-refractivity contribution in [1.82, 2.24) is 5.32 Å². The summed E-state index contributed by atoms with van der Waals surface area (Å²) in [6.45, 7) is 1.22. The molecule has 0 aliphatic carbocycles. The third-order valence-electron chi connectivity index (χ3n) is 2.46. The molecule has 1 N–H and O–H groups in total. The second-order valence-corrected chi connectivity index (χ2v) is 4.79. The Labute approximate surface area is 115 Å². The molecule has 0 fully saturated rings. The minimum atomic E-state index is -4.26. The van der Waals surface area contributed by atoms with E-state index < -0.39 is 12.8 Å². The molecule has 0 bridgehead atoms. The lowest BCUT2D eigenvalue weighted by Crippen LogP contribution is -2.32. The number of ether oxygens (including phenoxy) is 1. The van der Waals surface area contributed by atoms with Crippen LogP contribution in [0.4, 0.5) is 13.2 Å². The molecule has 0 heterocycles. The molecule has 2 nitrogen and oxygen atoms in total. The first kappa shape index (κ1) is 16.3. The van der Waals surface area contributed by atoms with E-state index in [9.17, 15) is 13.2 Å². The van der Waals surface area contributed by atoms with Crippen molar-refractivity contribution in [3.8, 4) is 0 Å². The van der Waals surface area contributed by atoms with Gasteiger partial charge in [-0.1, -0.05) is 23.7 Å². The second kappa shape index (κ2) is 7.72. The number of rotatable bonds is 7. The molecule has 1 rings (SSSR count). The van der Waals surface area contributed by atoms with Gasteiger partial charge in [-0.3, -0.25) is 0 Å². The van der Waals surface area contributed by atoms with Crippen molar-refractivity contribution >= 4 is 11.6 Å². The van der Waals surface area contributed by atoms with Gasteiger partial charge in [0.25, 0.3) is 0 Å². The van der Waals surface area contributed by atoms with Crippen molar-refractivity contribution in [3.63, 3.8) is 0 Å². The molecule has 1 aromatic carbocycles. The summed E-state index contributed by atoms with van der Waals surface area (Å²) in [4.78, 5) is 0. The summed E-state index contributed by atoms with van der Waals surface area (Å²) in [5.41, 5.74) is 1.13. The molecule has 0 radical (unpaired) electrons. The van der Waals surface area contributed by atoms with Crippen LogP contribution in [-0.4, -0.2) is 32.0 Å². The first-order chi connectivity index (χ1) is 8.87. The molecule has 1 atom stereocenters. The van der Waals surface area contributed by atoms with Crippen LogP contribution in [0.15, 0.2) is 24.3 Å². The van der Waals surface area contributed by atoms with E-state index in [4.69, 9.17) is 11.6 Å². The Morgan fingerprint density at radius 2 is 1.89 bits per heavy atom. The fourth-order valence-electron chi connectivity index (χ4n) is 1.61. The molecular weight excluding hydrogens is 279 g/mol. The van der Waals surface area contributed by atoms with Gasteiger partial charge in [0.2, 0.25) is 0 Å². The maximum atomic E-state index is 11.8. The number of hydrogen-bond acceptors (Lipinski definition) is 2. The SMILES string of the molecule is CC(Cc1ccc(Cl)cc1)NCCOCC(F)(F)F. The average molecular weight is 296 g/mol. The van der Waals surface area contributed by atoms with Gasteiger partial charge >= 0.3 is 6.18 Å². The van der Waals surface area contributed by atoms with E-state index in [0.29, 0.717) is 11.6 Å². The van der Waals surface area contributed by atoms with E-state index in [2.05, 4.69) is 10.1 Å². The van der Waals surface area contributed by atoms with Gasteiger partial charge in [0, 0.05) is 17.6 Å². The van der Waals surface area contributed by atoms with Crippen LogP contribution >= 0.6 is 11.6 Å². The highest BCUT2D eigenvalue weighted by atomic mass is 35.5. The van der Waals surface area contributed by atoms with Crippen LogP contribution in [0.2, 0.25) is 5.02 Å². The lowest BCUT2D eigenvalue weighted by atomic mass is 10.1. The highest BCUT2D eigenvalue weighted by molar-refractivity contribution is 6.30. The zero-order valence-corrected chi connectivity index (χ0v) is 11.4. The lowest BCUT2D eigenvalue weighted by molar-refractivity contribution is -0.173. The third kappa shape index (κ3) is 8.08. The molecule has 6 heteroatoms. The minimum Gasteiger partial charge on any atom is -0.371 e. The van der Waals surface area contributed by atoms with E-state index in [-0.39, 0.29) is 12.6 Å². The van der Waals surface area contributed by atoms with Crippen LogP contribution in [0.5, 0.6) is 0 Å². The van der Waals surface area contributed by atoms with Crippen molar-refractivity contribution in [3.05, 3.63) is 34.9 Å². The van der Waals surface area contributed by atoms with Gasteiger partial charge in [0.05, 0.1) is 6.61 Å².